The molecule has 2 aromatic carbocycles. The van der Waals surface area contributed by atoms with Crippen LogP contribution < -0.4 is 4.74 Å². The van der Waals surface area contributed by atoms with E-state index in [9.17, 15) is 0 Å². The van der Waals surface area contributed by atoms with Crippen molar-refractivity contribution in [2.45, 2.75) is 23.9 Å². The lowest BCUT2D eigenvalue weighted by Gasteiger charge is -2.18. The van der Waals surface area contributed by atoms with Crippen LogP contribution in [-0.2, 0) is 16.0 Å². The van der Waals surface area contributed by atoms with Crippen molar-refractivity contribution < 1.29 is 14.2 Å². The molecule has 2 heterocycles. The third kappa shape index (κ3) is 3.93. The maximum atomic E-state index is 6.48. The van der Waals surface area contributed by atoms with Crippen molar-refractivity contribution in [3.05, 3.63) is 71.1 Å². The zero-order chi connectivity index (χ0) is 20.2. The van der Waals surface area contributed by atoms with Gasteiger partial charge in [-0.15, -0.1) is 10.2 Å². The van der Waals surface area contributed by atoms with Crippen LogP contribution in [0.15, 0.2) is 65.7 Å². The van der Waals surface area contributed by atoms with Gasteiger partial charge in [-0.3, -0.25) is 0 Å². The maximum Gasteiger partial charge on any atom is 0.229 e. The second-order valence-electron chi connectivity index (χ2n) is 6.22. The minimum atomic E-state index is -0.203. The highest BCUT2D eigenvalue weighted by Gasteiger charge is 2.28. The molecular weight excluding hydrogens is 410 g/mol. The third-order valence-electron chi connectivity index (χ3n) is 4.54. The maximum absolute atomic E-state index is 6.48. The molecule has 6 nitrogen and oxygen atoms in total. The smallest absolute Gasteiger partial charge is 0.229 e. The summed E-state index contributed by atoms with van der Waals surface area (Å²) in [5, 5.41) is 10.1. The molecular formula is C21H20ClN3O3S. The number of aromatic nitrogens is 3. The van der Waals surface area contributed by atoms with Crippen LogP contribution in [0.3, 0.4) is 0 Å². The SMILES string of the molecule is CCn1c(SC(C2=COCO2)c2ccccc2Cl)nnc1-c1ccccc1OC. The number of nitrogens with zero attached hydrogens (tertiary/aromatic N) is 3. The fourth-order valence-corrected chi connectivity index (χ4v) is 4.67. The summed E-state index contributed by atoms with van der Waals surface area (Å²) in [5.74, 6) is 2.21. The summed E-state index contributed by atoms with van der Waals surface area (Å²) in [6, 6.07) is 15.5. The molecule has 150 valence electrons. The van der Waals surface area contributed by atoms with E-state index in [4.69, 9.17) is 25.8 Å². The number of hydrogen-bond acceptors (Lipinski definition) is 6. The molecule has 0 N–H and O–H groups in total. The quantitative estimate of drug-likeness (QED) is 0.474. The standard InChI is InChI=1S/C21H20ClN3O3S/c1-3-25-20(15-9-5-7-11-17(15)26-2)23-24-21(25)29-19(18-12-27-13-28-18)14-8-4-6-10-16(14)22/h4-12,19H,3,13H2,1-2H3. The Morgan fingerprint density at radius 1 is 1.17 bits per heavy atom. The zero-order valence-corrected chi connectivity index (χ0v) is 17.6. The Balaban J connectivity index is 1.74. The second kappa shape index (κ2) is 8.80. The van der Waals surface area contributed by atoms with E-state index in [2.05, 4.69) is 21.7 Å². The Kier molecular flexibility index (Phi) is 5.97. The molecule has 1 aliphatic heterocycles. The fourth-order valence-electron chi connectivity index (χ4n) is 3.15. The minimum absolute atomic E-state index is 0.198. The van der Waals surface area contributed by atoms with E-state index in [-0.39, 0.29) is 12.0 Å². The first-order valence-electron chi connectivity index (χ1n) is 9.15. The highest BCUT2D eigenvalue weighted by molar-refractivity contribution is 7.99. The summed E-state index contributed by atoms with van der Waals surface area (Å²) in [6.07, 6.45) is 1.63. The van der Waals surface area contributed by atoms with Crippen LogP contribution in [-0.4, -0.2) is 28.7 Å². The molecule has 3 aromatic rings. The monoisotopic (exact) mass is 429 g/mol. The molecule has 8 heteroatoms. The normalized spacial score (nSPS) is 14.1. The molecule has 1 aromatic heterocycles. The first-order valence-corrected chi connectivity index (χ1v) is 10.4. The third-order valence-corrected chi connectivity index (χ3v) is 6.12. The predicted molar refractivity (Wildman–Crippen MR) is 113 cm³/mol. The summed E-state index contributed by atoms with van der Waals surface area (Å²) in [7, 11) is 1.65. The van der Waals surface area contributed by atoms with Crippen LogP contribution in [0.2, 0.25) is 5.02 Å². The molecule has 1 atom stereocenters. The van der Waals surface area contributed by atoms with Gasteiger partial charge in [-0.05, 0) is 30.7 Å². The zero-order valence-electron chi connectivity index (χ0n) is 16.0. The van der Waals surface area contributed by atoms with Crippen LogP contribution in [0, 0.1) is 0 Å². The van der Waals surface area contributed by atoms with Crippen molar-refractivity contribution in [2.75, 3.05) is 13.9 Å². The summed E-state index contributed by atoms with van der Waals surface area (Å²) in [6.45, 7) is 2.96. The van der Waals surface area contributed by atoms with Crippen LogP contribution in [0.4, 0.5) is 0 Å². The number of para-hydroxylation sites is 1. The molecule has 0 saturated carbocycles. The Morgan fingerprint density at radius 3 is 2.69 bits per heavy atom. The lowest BCUT2D eigenvalue weighted by Crippen LogP contribution is -2.05. The van der Waals surface area contributed by atoms with E-state index >= 15 is 0 Å². The van der Waals surface area contributed by atoms with Gasteiger partial charge in [0.2, 0.25) is 6.79 Å². The highest BCUT2D eigenvalue weighted by atomic mass is 35.5. The molecule has 0 aliphatic carbocycles. The van der Waals surface area contributed by atoms with Crippen LogP contribution in [0.1, 0.15) is 17.7 Å². The first-order chi connectivity index (χ1) is 14.2. The van der Waals surface area contributed by atoms with E-state index in [1.165, 1.54) is 11.8 Å². The molecule has 0 bridgehead atoms. The fraction of sp³-hybridized carbons (Fsp3) is 0.238. The Labute approximate surface area is 178 Å². The minimum Gasteiger partial charge on any atom is -0.496 e. The van der Waals surface area contributed by atoms with Gasteiger partial charge in [-0.2, -0.15) is 0 Å². The average Bonchev–Trinajstić information content (AvgIpc) is 3.42. The molecule has 1 unspecified atom stereocenters. The summed E-state index contributed by atoms with van der Waals surface area (Å²) < 4.78 is 18.5. The summed E-state index contributed by atoms with van der Waals surface area (Å²) in [5.41, 5.74) is 1.82. The highest BCUT2D eigenvalue weighted by Crippen LogP contribution is 2.44. The van der Waals surface area contributed by atoms with Gasteiger partial charge in [-0.1, -0.05) is 53.7 Å². The molecule has 0 radical (unpaired) electrons. The van der Waals surface area contributed by atoms with Crippen LogP contribution in [0.5, 0.6) is 5.75 Å². The van der Waals surface area contributed by atoms with Gasteiger partial charge < -0.3 is 18.8 Å². The Hall–Kier alpha value is -2.64. The van der Waals surface area contributed by atoms with E-state index in [1.54, 1.807) is 13.4 Å². The first kappa shape index (κ1) is 19.7. The second-order valence-corrected chi connectivity index (χ2v) is 7.70. The van der Waals surface area contributed by atoms with Gasteiger partial charge in [0, 0.05) is 11.6 Å². The summed E-state index contributed by atoms with van der Waals surface area (Å²) >= 11 is 8.01. The molecule has 4 rings (SSSR count). The van der Waals surface area contributed by atoms with Crippen LogP contribution >= 0.6 is 23.4 Å². The van der Waals surface area contributed by atoms with E-state index in [1.807, 2.05) is 48.5 Å². The Bertz CT molecular complexity index is 1040. The molecule has 0 amide bonds. The largest absolute Gasteiger partial charge is 0.496 e. The number of ether oxygens (including phenoxy) is 3. The van der Waals surface area contributed by atoms with Crippen molar-refractivity contribution >= 4 is 23.4 Å². The van der Waals surface area contributed by atoms with Gasteiger partial charge in [0.15, 0.2) is 16.7 Å². The van der Waals surface area contributed by atoms with Crippen molar-refractivity contribution in [3.8, 4) is 17.1 Å². The van der Waals surface area contributed by atoms with Crippen molar-refractivity contribution in [3.63, 3.8) is 0 Å². The molecule has 0 spiro atoms. The number of thioether (sulfide) groups is 1. The van der Waals surface area contributed by atoms with E-state index < -0.39 is 0 Å². The van der Waals surface area contributed by atoms with Gasteiger partial charge in [0.25, 0.3) is 0 Å². The van der Waals surface area contributed by atoms with E-state index in [0.717, 1.165) is 27.9 Å². The van der Waals surface area contributed by atoms with Gasteiger partial charge >= 0.3 is 0 Å². The van der Waals surface area contributed by atoms with Crippen molar-refractivity contribution in [1.29, 1.82) is 0 Å². The predicted octanol–water partition coefficient (Wildman–Crippen LogP) is 5.31. The van der Waals surface area contributed by atoms with Gasteiger partial charge in [0.1, 0.15) is 12.0 Å². The lowest BCUT2D eigenvalue weighted by molar-refractivity contribution is 0.0787. The van der Waals surface area contributed by atoms with Gasteiger partial charge in [0.05, 0.1) is 17.9 Å². The average molecular weight is 430 g/mol. The lowest BCUT2D eigenvalue weighted by atomic mass is 10.1. The number of benzene rings is 2. The van der Waals surface area contributed by atoms with Gasteiger partial charge in [-0.25, -0.2) is 0 Å². The Morgan fingerprint density at radius 2 is 1.97 bits per heavy atom. The number of hydrogen-bond donors (Lipinski definition) is 0. The summed E-state index contributed by atoms with van der Waals surface area (Å²) in [4.78, 5) is 0. The molecule has 29 heavy (non-hydrogen) atoms. The molecule has 1 aliphatic rings. The number of rotatable bonds is 7. The number of methoxy groups -OCH3 is 1. The van der Waals surface area contributed by atoms with Crippen molar-refractivity contribution in [1.82, 2.24) is 14.8 Å². The van der Waals surface area contributed by atoms with E-state index in [0.29, 0.717) is 17.3 Å². The van der Waals surface area contributed by atoms with Crippen LogP contribution in [0.25, 0.3) is 11.4 Å². The number of halogens is 1. The molecule has 0 saturated heterocycles. The van der Waals surface area contributed by atoms with Crippen molar-refractivity contribution in [2.24, 2.45) is 0 Å². The molecule has 0 fully saturated rings. The topological polar surface area (TPSA) is 58.4 Å².